The fourth-order valence-electron chi connectivity index (χ4n) is 1.98. The van der Waals surface area contributed by atoms with Crippen LogP contribution in [0, 0.1) is 12.7 Å². The first-order valence-corrected chi connectivity index (χ1v) is 5.57. The fourth-order valence-corrected chi connectivity index (χ4v) is 1.98. The summed E-state index contributed by atoms with van der Waals surface area (Å²) in [7, 11) is 2.09. The summed E-state index contributed by atoms with van der Waals surface area (Å²) >= 11 is 0. The van der Waals surface area contributed by atoms with E-state index in [0.717, 1.165) is 26.2 Å². The summed E-state index contributed by atoms with van der Waals surface area (Å²) in [6.07, 6.45) is 0. The Morgan fingerprint density at radius 3 is 2.44 bits per heavy atom. The third-order valence-electron chi connectivity index (χ3n) is 3.25. The fraction of sp³-hybridized carbons (Fsp3) is 0.500. The Bertz CT molecular complexity index is 384. The molecule has 1 aromatic carbocycles. The third-order valence-corrected chi connectivity index (χ3v) is 3.25. The van der Waals surface area contributed by atoms with E-state index in [-0.39, 0.29) is 5.82 Å². The Morgan fingerprint density at radius 1 is 1.19 bits per heavy atom. The Labute approximate surface area is 95.6 Å². The molecule has 4 heteroatoms. The van der Waals surface area contributed by atoms with Crippen LogP contribution in [0.3, 0.4) is 0 Å². The van der Waals surface area contributed by atoms with Gasteiger partial charge in [0.1, 0.15) is 0 Å². The molecule has 0 amide bonds. The van der Waals surface area contributed by atoms with E-state index in [1.807, 2.05) is 0 Å². The Morgan fingerprint density at radius 2 is 1.81 bits per heavy atom. The maximum absolute atomic E-state index is 14.0. The van der Waals surface area contributed by atoms with Gasteiger partial charge in [0.25, 0.3) is 0 Å². The van der Waals surface area contributed by atoms with Gasteiger partial charge < -0.3 is 15.5 Å². The van der Waals surface area contributed by atoms with Crippen molar-refractivity contribution in [3.8, 4) is 0 Å². The maximum atomic E-state index is 14.0. The molecule has 0 unspecified atom stereocenters. The van der Waals surface area contributed by atoms with Crippen molar-refractivity contribution in [3.05, 3.63) is 23.5 Å². The smallest absolute Gasteiger partial charge is 0.151 e. The molecule has 0 bridgehead atoms. The molecule has 0 aliphatic carbocycles. The van der Waals surface area contributed by atoms with Crippen molar-refractivity contribution >= 4 is 11.4 Å². The molecule has 16 heavy (non-hydrogen) atoms. The van der Waals surface area contributed by atoms with E-state index in [1.54, 1.807) is 19.1 Å². The van der Waals surface area contributed by atoms with Crippen LogP contribution in [-0.2, 0) is 0 Å². The first-order chi connectivity index (χ1) is 7.59. The van der Waals surface area contributed by atoms with Crippen LogP contribution in [0.5, 0.6) is 0 Å². The van der Waals surface area contributed by atoms with Gasteiger partial charge >= 0.3 is 0 Å². The van der Waals surface area contributed by atoms with Crippen LogP contribution >= 0.6 is 0 Å². The van der Waals surface area contributed by atoms with Crippen LogP contribution in [0.1, 0.15) is 5.56 Å². The number of hydrogen-bond donors (Lipinski definition) is 1. The van der Waals surface area contributed by atoms with Gasteiger partial charge in [0, 0.05) is 37.4 Å². The number of benzene rings is 1. The molecule has 0 radical (unpaired) electrons. The standard InChI is InChI=1S/C12H18FN3/c1-9-10(14)3-4-11(12(9)13)16-7-5-15(2)6-8-16/h3-4H,5-8,14H2,1-2H3. The molecule has 1 saturated heterocycles. The average Bonchev–Trinajstić information content (AvgIpc) is 2.28. The molecule has 2 rings (SSSR count). The lowest BCUT2D eigenvalue weighted by Crippen LogP contribution is -2.44. The highest BCUT2D eigenvalue weighted by Crippen LogP contribution is 2.26. The highest BCUT2D eigenvalue weighted by Gasteiger charge is 2.18. The molecule has 3 nitrogen and oxygen atoms in total. The van der Waals surface area contributed by atoms with Crippen LogP contribution in [-0.4, -0.2) is 38.1 Å². The molecule has 0 spiro atoms. The summed E-state index contributed by atoms with van der Waals surface area (Å²) in [6.45, 7) is 5.42. The normalized spacial score (nSPS) is 17.8. The van der Waals surface area contributed by atoms with E-state index in [0.29, 0.717) is 16.9 Å². The second-order valence-corrected chi connectivity index (χ2v) is 4.40. The van der Waals surface area contributed by atoms with Crippen LogP contribution in [0.25, 0.3) is 0 Å². The van der Waals surface area contributed by atoms with Crippen molar-refractivity contribution in [2.45, 2.75) is 6.92 Å². The number of likely N-dealkylation sites (N-methyl/N-ethyl adjacent to an activating group) is 1. The topological polar surface area (TPSA) is 32.5 Å². The molecule has 1 heterocycles. The van der Waals surface area contributed by atoms with Gasteiger partial charge in [0.05, 0.1) is 5.69 Å². The highest BCUT2D eigenvalue weighted by molar-refractivity contribution is 5.59. The summed E-state index contributed by atoms with van der Waals surface area (Å²) in [6, 6.07) is 3.56. The number of halogens is 1. The van der Waals surface area contributed by atoms with Crippen molar-refractivity contribution in [3.63, 3.8) is 0 Å². The van der Waals surface area contributed by atoms with Crippen LogP contribution in [0.4, 0.5) is 15.8 Å². The molecular formula is C12H18FN3. The van der Waals surface area contributed by atoms with Gasteiger partial charge in [0.2, 0.25) is 0 Å². The molecule has 88 valence electrons. The molecular weight excluding hydrogens is 205 g/mol. The summed E-state index contributed by atoms with van der Waals surface area (Å²) in [5, 5.41) is 0. The first-order valence-electron chi connectivity index (χ1n) is 5.57. The zero-order valence-electron chi connectivity index (χ0n) is 9.83. The molecule has 1 fully saturated rings. The second kappa shape index (κ2) is 4.29. The largest absolute Gasteiger partial charge is 0.398 e. The lowest BCUT2D eigenvalue weighted by Gasteiger charge is -2.34. The van der Waals surface area contributed by atoms with Gasteiger partial charge in [-0.1, -0.05) is 0 Å². The molecule has 2 N–H and O–H groups in total. The summed E-state index contributed by atoms with van der Waals surface area (Å²) in [5.41, 5.74) is 7.43. The quantitative estimate of drug-likeness (QED) is 0.732. The SMILES string of the molecule is Cc1c(N)ccc(N2CCN(C)CC2)c1F. The number of anilines is 2. The molecule has 1 aliphatic rings. The molecule has 1 aromatic rings. The highest BCUT2D eigenvalue weighted by atomic mass is 19.1. The Kier molecular flexibility index (Phi) is 3.01. The van der Waals surface area contributed by atoms with Crippen LogP contribution in [0.2, 0.25) is 0 Å². The van der Waals surface area contributed by atoms with Gasteiger partial charge in [-0.3, -0.25) is 0 Å². The first kappa shape index (κ1) is 11.2. The number of piperazine rings is 1. The van der Waals surface area contributed by atoms with Crippen molar-refractivity contribution < 1.29 is 4.39 Å². The minimum absolute atomic E-state index is 0.176. The molecule has 1 aliphatic heterocycles. The van der Waals surface area contributed by atoms with E-state index in [2.05, 4.69) is 16.8 Å². The Balaban J connectivity index is 2.24. The number of rotatable bonds is 1. The lowest BCUT2D eigenvalue weighted by atomic mass is 10.1. The van der Waals surface area contributed by atoms with Crippen molar-refractivity contribution in [1.82, 2.24) is 4.90 Å². The van der Waals surface area contributed by atoms with E-state index in [1.165, 1.54) is 0 Å². The molecule has 0 saturated carbocycles. The number of hydrogen-bond acceptors (Lipinski definition) is 3. The second-order valence-electron chi connectivity index (χ2n) is 4.40. The summed E-state index contributed by atoms with van der Waals surface area (Å²) in [5.74, 6) is -0.176. The maximum Gasteiger partial charge on any atom is 0.151 e. The van der Waals surface area contributed by atoms with Gasteiger partial charge in [-0.05, 0) is 26.1 Å². The number of nitrogens with two attached hydrogens (primary N) is 1. The van der Waals surface area contributed by atoms with Crippen LogP contribution < -0.4 is 10.6 Å². The van der Waals surface area contributed by atoms with Crippen LogP contribution in [0.15, 0.2) is 12.1 Å². The monoisotopic (exact) mass is 223 g/mol. The predicted octanol–water partition coefficient (Wildman–Crippen LogP) is 1.47. The minimum Gasteiger partial charge on any atom is -0.398 e. The third kappa shape index (κ3) is 1.97. The van der Waals surface area contributed by atoms with Gasteiger partial charge in [-0.2, -0.15) is 0 Å². The van der Waals surface area contributed by atoms with Gasteiger partial charge in [-0.15, -0.1) is 0 Å². The zero-order chi connectivity index (χ0) is 11.7. The van der Waals surface area contributed by atoms with E-state index >= 15 is 0 Å². The van der Waals surface area contributed by atoms with E-state index in [9.17, 15) is 4.39 Å². The van der Waals surface area contributed by atoms with E-state index in [4.69, 9.17) is 5.73 Å². The average molecular weight is 223 g/mol. The zero-order valence-corrected chi connectivity index (χ0v) is 9.83. The molecule has 0 aromatic heterocycles. The Hall–Kier alpha value is -1.29. The van der Waals surface area contributed by atoms with E-state index < -0.39 is 0 Å². The van der Waals surface area contributed by atoms with Gasteiger partial charge in [-0.25, -0.2) is 4.39 Å². The summed E-state index contributed by atoms with van der Waals surface area (Å²) in [4.78, 5) is 4.33. The van der Waals surface area contributed by atoms with Gasteiger partial charge in [0.15, 0.2) is 5.82 Å². The number of nitrogens with zero attached hydrogens (tertiary/aromatic N) is 2. The lowest BCUT2D eigenvalue weighted by molar-refractivity contribution is 0.311. The minimum atomic E-state index is -0.176. The number of nitrogen functional groups attached to an aromatic ring is 1. The molecule has 0 atom stereocenters. The van der Waals surface area contributed by atoms with Crippen molar-refractivity contribution in [2.75, 3.05) is 43.9 Å². The van der Waals surface area contributed by atoms with Crippen molar-refractivity contribution in [1.29, 1.82) is 0 Å². The summed E-state index contributed by atoms with van der Waals surface area (Å²) < 4.78 is 14.0. The van der Waals surface area contributed by atoms with Crippen molar-refractivity contribution in [2.24, 2.45) is 0 Å². The predicted molar refractivity (Wildman–Crippen MR) is 65.3 cm³/mol.